The van der Waals surface area contributed by atoms with Gasteiger partial charge in [0.2, 0.25) is 0 Å². The Morgan fingerprint density at radius 1 is 1.12 bits per heavy atom. The number of morpholine rings is 1. The Labute approximate surface area is 198 Å². The SMILES string of the molecule is COc1ccc(C(=O)Nc2ccc3[nH]c(C)c([C@H](c4ccccn4)N4CCOCC4)c3c2)cc1. The number of fused-ring (bicyclic) bond motifs is 1. The molecule has 7 nitrogen and oxygen atoms in total. The largest absolute Gasteiger partial charge is 0.497 e. The molecule has 1 fully saturated rings. The van der Waals surface area contributed by atoms with E-state index in [2.05, 4.69) is 28.2 Å². The molecule has 5 rings (SSSR count). The zero-order valence-electron chi connectivity index (χ0n) is 19.4. The minimum atomic E-state index is -0.162. The van der Waals surface area contributed by atoms with Crippen LogP contribution in [0.2, 0.25) is 0 Å². The normalized spacial score (nSPS) is 15.2. The number of H-pyrrole nitrogens is 1. The molecule has 174 valence electrons. The summed E-state index contributed by atoms with van der Waals surface area (Å²) in [5.74, 6) is 0.555. The number of hydrogen-bond acceptors (Lipinski definition) is 5. The number of aromatic nitrogens is 2. The van der Waals surface area contributed by atoms with Crippen LogP contribution in [0.25, 0.3) is 10.9 Å². The third kappa shape index (κ3) is 4.40. The summed E-state index contributed by atoms with van der Waals surface area (Å²) in [5.41, 5.74) is 5.62. The molecule has 0 bridgehead atoms. The van der Waals surface area contributed by atoms with Gasteiger partial charge in [-0.15, -0.1) is 0 Å². The van der Waals surface area contributed by atoms with Crippen molar-refractivity contribution in [2.75, 3.05) is 38.7 Å². The summed E-state index contributed by atoms with van der Waals surface area (Å²) in [7, 11) is 1.61. The Kier molecular flexibility index (Phi) is 6.29. The van der Waals surface area contributed by atoms with Crippen molar-refractivity contribution in [3.05, 3.63) is 89.4 Å². The molecule has 1 aliphatic heterocycles. The van der Waals surface area contributed by atoms with Crippen LogP contribution in [-0.4, -0.2) is 54.2 Å². The van der Waals surface area contributed by atoms with Gasteiger partial charge in [-0.2, -0.15) is 0 Å². The van der Waals surface area contributed by atoms with Crippen LogP contribution in [0.5, 0.6) is 5.75 Å². The van der Waals surface area contributed by atoms with E-state index >= 15 is 0 Å². The lowest BCUT2D eigenvalue weighted by Gasteiger charge is -2.34. The molecule has 7 heteroatoms. The number of carbonyl (C=O) groups is 1. The lowest BCUT2D eigenvalue weighted by Crippen LogP contribution is -2.40. The first-order valence-corrected chi connectivity index (χ1v) is 11.4. The molecule has 3 heterocycles. The highest BCUT2D eigenvalue weighted by Gasteiger charge is 2.29. The molecular weight excluding hydrogens is 428 g/mol. The Bertz CT molecular complexity index is 1280. The van der Waals surface area contributed by atoms with Crippen LogP contribution in [0, 0.1) is 6.92 Å². The first-order chi connectivity index (χ1) is 16.6. The molecule has 1 atom stereocenters. The number of methoxy groups -OCH3 is 1. The second-order valence-corrected chi connectivity index (χ2v) is 8.41. The van der Waals surface area contributed by atoms with Gasteiger partial charge in [-0.3, -0.25) is 14.7 Å². The molecule has 1 aliphatic rings. The number of carbonyl (C=O) groups excluding carboxylic acids is 1. The summed E-state index contributed by atoms with van der Waals surface area (Å²) in [6.45, 7) is 5.17. The molecular formula is C27H28N4O3. The first-order valence-electron chi connectivity index (χ1n) is 11.4. The van der Waals surface area contributed by atoms with Gasteiger partial charge >= 0.3 is 0 Å². The smallest absolute Gasteiger partial charge is 0.255 e. The summed E-state index contributed by atoms with van der Waals surface area (Å²) in [6, 6.07) is 19.1. The van der Waals surface area contributed by atoms with Gasteiger partial charge in [-0.25, -0.2) is 0 Å². The molecule has 0 saturated carbocycles. The highest BCUT2D eigenvalue weighted by Crippen LogP contribution is 2.37. The van der Waals surface area contributed by atoms with Crippen molar-refractivity contribution >= 4 is 22.5 Å². The molecule has 0 radical (unpaired) electrons. The number of pyridine rings is 1. The number of rotatable bonds is 6. The minimum Gasteiger partial charge on any atom is -0.497 e. The van der Waals surface area contributed by atoms with Crippen LogP contribution < -0.4 is 10.1 Å². The summed E-state index contributed by atoms with van der Waals surface area (Å²) in [4.78, 5) is 23.5. The van der Waals surface area contributed by atoms with E-state index in [0.29, 0.717) is 24.5 Å². The topological polar surface area (TPSA) is 79.5 Å². The third-order valence-electron chi connectivity index (χ3n) is 6.30. The Morgan fingerprint density at radius 2 is 1.91 bits per heavy atom. The van der Waals surface area contributed by atoms with E-state index in [0.717, 1.165) is 41.1 Å². The average molecular weight is 457 g/mol. The van der Waals surface area contributed by atoms with Crippen LogP contribution in [-0.2, 0) is 4.74 Å². The zero-order chi connectivity index (χ0) is 23.5. The lowest BCUT2D eigenvalue weighted by atomic mass is 9.97. The molecule has 4 aromatic rings. The lowest BCUT2D eigenvalue weighted by molar-refractivity contribution is 0.0234. The average Bonchev–Trinajstić information content (AvgIpc) is 3.20. The molecule has 0 aliphatic carbocycles. The summed E-state index contributed by atoms with van der Waals surface area (Å²) in [5, 5.41) is 4.12. The number of nitrogens with zero attached hydrogens (tertiary/aromatic N) is 2. The Morgan fingerprint density at radius 3 is 2.62 bits per heavy atom. The number of hydrogen-bond donors (Lipinski definition) is 2. The third-order valence-corrected chi connectivity index (χ3v) is 6.30. The summed E-state index contributed by atoms with van der Waals surface area (Å²) >= 11 is 0. The number of benzene rings is 2. The van der Waals surface area contributed by atoms with Gasteiger partial charge in [0, 0.05) is 52.7 Å². The van der Waals surface area contributed by atoms with Crippen molar-refractivity contribution in [1.82, 2.24) is 14.9 Å². The number of amides is 1. The van der Waals surface area contributed by atoms with E-state index in [1.165, 1.54) is 5.56 Å². The van der Waals surface area contributed by atoms with Gasteiger partial charge in [-0.05, 0) is 61.5 Å². The van der Waals surface area contributed by atoms with Gasteiger partial charge in [0.25, 0.3) is 5.91 Å². The quantitative estimate of drug-likeness (QED) is 0.445. The maximum absolute atomic E-state index is 12.9. The van der Waals surface area contributed by atoms with Gasteiger partial charge in [0.15, 0.2) is 0 Å². The van der Waals surface area contributed by atoms with Gasteiger partial charge in [0.05, 0.1) is 32.1 Å². The van der Waals surface area contributed by atoms with Crippen molar-refractivity contribution in [3.63, 3.8) is 0 Å². The maximum Gasteiger partial charge on any atom is 0.255 e. The van der Waals surface area contributed by atoms with Crippen LogP contribution in [0.1, 0.15) is 33.4 Å². The minimum absolute atomic E-state index is 0.00797. The Balaban J connectivity index is 1.52. The maximum atomic E-state index is 12.9. The fourth-order valence-electron chi connectivity index (χ4n) is 4.61. The zero-order valence-corrected chi connectivity index (χ0v) is 19.4. The fourth-order valence-corrected chi connectivity index (χ4v) is 4.61. The fraction of sp³-hybridized carbons (Fsp3) is 0.259. The van der Waals surface area contributed by atoms with Crippen molar-refractivity contribution in [2.45, 2.75) is 13.0 Å². The number of nitrogens with one attached hydrogen (secondary N) is 2. The van der Waals surface area contributed by atoms with Crippen LogP contribution in [0.4, 0.5) is 5.69 Å². The second kappa shape index (κ2) is 9.67. The molecule has 1 amide bonds. The molecule has 2 aromatic heterocycles. The number of aryl methyl sites for hydroxylation is 1. The van der Waals surface area contributed by atoms with Crippen molar-refractivity contribution < 1.29 is 14.3 Å². The predicted molar refractivity (Wildman–Crippen MR) is 132 cm³/mol. The van der Waals surface area contributed by atoms with Gasteiger partial charge in [0.1, 0.15) is 5.75 Å². The van der Waals surface area contributed by atoms with Crippen molar-refractivity contribution in [1.29, 1.82) is 0 Å². The molecule has 0 spiro atoms. The summed E-state index contributed by atoms with van der Waals surface area (Å²) < 4.78 is 10.8. The first kappa shape index (κ1) is 22.1. The molecule has 34 heavy (non-hydrogen) atoms. The molecule has 2 aromatic carbocycles. The van der Waals surface area contributed by atoms with E-state index in [1.807, 2.05) is 36.5 Å². The monoisotopic (exact) mass is 456 g/mol. The standard InChI is InChI=1S/C27H28N4O3/c1-18-25(26(24-5-3-4-12-28-24)31-13-15-34-16-14-31)22-17-20(8-11-23(22)29-18)30-27(32)19-6-9-21(33-2)10-7-19/h3-12,17,26,29H,13-16H2,1-2H3,(H,30,32)/t26-/m0/s1. The second-order valence-electron chi connectivity index (χ2n) is 8.41. The van der Waals surface area contributed by atoms with Crippen LogP contribution in [0.3, 0.4) is 0 Å². The number of ether oxygens (including phenoxy) is 2. The van der Waals surface area contributed by atoms with Gasteiger partial charge in [-0.1, -0.05) is 6.07 Å². The molecule has 1 saturated heterocycles. The van der Waals surface area contributed by atoms with Crippen LogP contribution in [0.15, 0.2) is 66.9 Å². The number of anilines is 1. The predicted octanol–water partition coefficient (Wildman–Crippen LogP) is 4.55. The Hall–Kier alpha value is -3.68. The van der Waals surface area contributed by atoms with E-state index in [4.69, 9.17) is 14.5 Å². The highest BCUT2D eigenvalue weighted by atomic mass is 16.5. The number of aromatic amines is 1. The van der Waals surface area contributed by atoms with E-state index in [1.54, 1.807) is 31.4 Å². The van der Waals surface area contributed by atoms with E-state index in [-0.39, 0.29) is 11.9 Å². The highest BCUT2D eigenvalue weighted by molar-refractivity contribution is 6.05. The van der Waals surface area contributed by atoms with E-state index < -0.39 is 0 Å². The van der Waals surface area contributed by atoms with Crippen molar-refractivity contribution in [2.24, 2.45) is 0 Å². The van der Waals surface area contributed by atoms with E-state index in [9.17, 15) is 4.79 Å². The summed E-state index contributed by atoms with van der Waals surface area (Å²) in [6.07, 6.45) is 1.84. The van der Waals surface area contributed by atoms with Gasteiger partial charge < -0.3 is 19.8 Å². The molecule has 2 N–H and O–H groups in total. The van der Waals surface area contributed by atoms with Crippen LogP contribution >= 0.6 is 0 Å². The van der Waals surface area contributed by atoms with Crippen molar-refractivity contribution in [3.8, 4) is 5.75 Å². The molecule has 0 unspecified atom stereocenters.